The largest absolute Gasteiger partial charge is 0.399 e. The maximum Gasteiger partial charge on any atom is 0.257 e. The molecule has 2 N–H and O–H groups in total. The fraction of sp³-hybridized carbons (Fsp3) is 0.273. The second-order valence-corrected chi connectivity index (χ2v) is 3.64. The van der Waals surface area contributed by atoms with E-state index in [2.05, 4.69) is 4.99 Å². The molecule has 72 valence electrons. The maximum atomic E-state index is 11.5. The Hall–Kier alpha value is -1.64. The molecular weight excluding hydrogens is 176 g/mol. The molecule has 2 aliphatic rings. The van der Waals surface area contributed by atoms with Gasteiger partial charge in [0, 0.05) is 11.9 Å². The third kappa shape index (κ3) is 1.13. The van der Waals surface area contributed by atoms with Crippen LogP contribution in [0.25, 0.3) is 0 Å². The Morgan fingerprint density at radius 3 is 2.86 bits per heavy atom. The van der Waals surface area contributed by atoms with Crippen molar-refractivity contribution < 1.29 is 4.79 Å². The number of allylic oxidation sites excluding steroid dienone is 3. The van der Waals surface area contributed by atoms with Gasteiger partial charge in [-0.05, 0) is 37.1 Å². The van der Waals surface area contributed by atoms with Crippen LogP contribution in [0, 0.1) is 5.92 Å². The van der Waals surface area contributed by atoms with Crippen LogP contribution in [0.1, 0.15) is 13.8 Å². The van der Waals surface area contributed by atoms with Gasteiger partial charge < -0.3 is 5.73 Å². The number of nitrogens with zero attached hydrogens (tertiary/aromatic N) is 1. The monoisotopic (exact) mass is 188 g/mol. The van der Waals surface area contributed by atoms with Crippen LogP contribution in [0.5, 0.6) is 0 Å². The smallest absolute Gasteiger partial charge is 0.257 e. The lowest BCUT2D eigenvalue weighted by Gasteiger charge is -2.25. The highest BCUT2D eigenvalue weighted by molar-refractivity contribution is 5.99. The molecule has 0 spiro atoms. The summed E-state index contributed by atoms with van der Waals surface area (Å²) >= 11 is 0. The molecular formula is C11H12N2O. The zero-order chi connectivity index (χ0) is 10.3. The van der Waals surface area contributed by atoms with E-state index in [-0.39, 0.29) is 11.8 Å². The number of dihydropyridines is 1. The summed E-state index contributed by atoms with van der Waals surface area (Å²) in [5, 5.41) is 0. The van der Waals surface area contributed by atoms with Crippen LogP contribution in [0.4, 0.5) is 0 Å². The molecule has 1 heterocycles. The minimum Gasteiger partial charge on any atom is -0.399 e. The van der Waals surface area contributed by atoms with Crippen LogP contribution < -0.4 is 5.73 Å². The Morgan fingerprint density at radius 2 is 2.14 bits per heavy atom. The fourth-order valence-corrected chi connectivity index (χ4v) is 1.88. The molecule has 14 heavy (non-hydrogen) atoms. The Labute approximate surface area is 82.7 Å². The highest BCUT2D eigenvalue weighted by Gasteiger charge is 2.30. The van der Waals surface area contributed by atoms with Crippen molar-refractivity contribution >= 4 is 12.1 Å². The van der Waals surface area contributed by atoms with Crippen LogP contribution in [-0.2, 0) is 4.79 Å². The Kier molecular flexibility index (Phi) is 1.88. The van der Waals surface area contributed by atoms with E-state index in [9.17, 15) is 4.79 Å². The Morgan fingerprint density at radius 1 is 1.43 bits per heavy atom. The molecule has 0 fully saturated rings. The van der Waals surface area contributed by atoms with Crippen LogP contribution in [0.15, 0.2) is 39.6 Å². The van der Waals surface area contributed by atoms with E-state index < -0.39 is 0 Å². The van der Waals surface area contributed by atoms with Crippen LogP contribution in [-0.4, -0.2) is 12.1 Å². The summed E-state index contributed by atoms with van der Waals surface area (Å²) in [6.07, 6.45) is 5.27. The van der Waals surface area contributed by atoms with Crippen molar-refractivity contribution in [3.63, 3.8) is 0 Å². The molecule has 0 aromatic heterocycles. The quantitative estimate of drug-likeness (QED) is 0.623. The number of nitrogens with two attached hydrogens (primary N) is 1. The van der Waals surface area contributed by atoms with Gasteiger partial charge in [-0.1, -0.05) is 5.57 Å². The van der Waals surface area contributed by atoms with Gasteiger partial charge in [0.25, 0.3) is 5.91 Å². The van der Waals surface area contributed by atoms with Gasteiger partial charge >= 0.3 is 0 Å². The maximum absolute atomic E-state index is 11.5. The third-order valence-electron chi connectivity index (χ3n) is 2.72. The van der Waals surface area contributed by atoms with E-state index in [1.807, 2.05) is 26.0 Å². The summed E-state index contributed by atoms with van der Waals surface area (Å²) in [6, 6.07) is 0. The van der Waals surface area contributed by atoms with Gasteiger partial charge in [-0.2, -0.15) is 0 Å². The van der Waals surface area contributed by atoms with E-state index in [1.165, 1.54) is 0 Å². The summed E-state index contributed by atoms with van der Waals surface area (Å²) in [5.41, 5.74) is 9.52. The highest BCUT2D eigenvalue weighted by atomic mass is 16.1. The molecule has 0 aromatic rings. The SMILES string of the molecule is CC1=CC(N)=C(C)C2=CC=NC(=O)C12. The van der Waals surface area contributed by atoms with E-state index in [0.29, 0.717) is 0 Å². The lowest BCUT2D eigenvalue weighted by atomic mass is 9.80. The molecule has 1 unspecified atom stereocenters. The topological polar surface area (TPSA) is 55.4 Å². The summed E-state index contributed by atoms with van der Waals surface area (Å²) in [7, 11) is 0. The molecule has 1 aliphatic heterocycles. The number of hydrogen-bond acceptors (Lipinski definition) is 2. The van der Waals surface area contributed by atoms with Crippen LogP contribution in [0.2, 0.25) is 0 Å². The molecule has 0 aromatic carbocycles. The molecule has 1 amide bonds. The Balaban J connectivity index is 2.58. The molecule has 0 saturated heterocycles. The number of carbonyl (C=O) groups is 1. The van der Waals surface area contributed by atoms with Gasteiger partial charge in [-0.3, -0.25) is 4.79 Å². The lowest BCUT2D eigenvalue weighted by molar-refractivity contribution is -0.119. The fourth-order valence-electron chi connectivity index (χ4n) is 1.88. The minimum absolute atomic E-state index is 0.0944. The molecule has 0 saturated carbocycles. The molecule has 0 radical (unpaired) electrons. The van der Waals surface area contributed by atoms with Gasteiger partial charge in [-0.25, -0.2) is 4.99 Å². The van der Waals surface area contributed by atoms with Gasteiger partial charge in [0.1, 0.15) is 0 Å². The first-order chi connectivity index (χ1) is 6.61. The number of fused-ring (bicyclic) bond motifs is 1. The van der Waals surface area contributed by atoms with Crippen LogP contribution in [0.3, 0.4) is 0 Å². The molecule has 0 bridgehead atoms. The van der Waals surface area contributed by atoms with Crippen molar-refractivity contribution in [1.82, 2.24) is 0 Å². The van der Waals surface area contributed by atoms with Crippen molar-refractivity contribution in [3.05, 3.63) is 34.6 Å². The normalized spacial score (nSPS) is 25.9. The van der Waals surface area contributed by atoms with Gasteiger partial charge in [-0.15, -0.1) is 0 Å². The van der Waals surface area contributed by atoms with Crippen molar-refractivity contribution in [2.75, 3.05) is 0 Å². The summed E-state index contributed by atoms with van der Waals surface area (Å²) in [5.74, 6) is -0.296. The van der Waals surface area contributed by atoms with Crippen molar-refractivity contribution in [1.29, 1.82) is 0 Å². The van der Waals surface area contributed by atoms with Gasteiger partial charge in [0.15, 0.2) is 0 Å². The molecule has 1 atom stereocenters. The molecule has 3 nitrogen and oxygen atoms in total. The van der Waals surface area contributed by atoms with E-state index in [4.69, 9.17) is 5.73 Å². The molecule has 2 rings (SSSR count). The van der Waals surface area contributed by atoms with Crippen molar-refractivity contribution in [3.8, 4) is 0 Å². The second-order valence-electron chi connectivity index (χ2n) is 3.64. The third-order valence-corrected chi connectivity index (χ3v) is 2.72. The number of amides is 1. The summed E-state index contributed by atoms with van der Waals surface area (Å²) < 4.78 is 0. The number of carbonyl (C=O) groups excluding carboxylic acids is 1. The average Bonchev–Trinajstić information content (AvgIpc) is 2.14. The number of hydrogen-bond donors (Lipinski definition) is 1. The standard InChI is InChI=1S/C11H12N2O/c1-6-5-9(12)7(2)8-3-4-13-11(14)10(6)8/h3-5,10H,12H2,1-2H3. The molecule has 1 aliphatic carbocycles. The predicted octanol–water partition coefficient (Wildman–Crippen LogP) is 1.33. The number of rotatable bonds is 0. The van der Waals surface area contributed by atoms with Crippen molar-refractivity contribution in [2.45, 2.75) is 13.8 Å². The first-order valence-electron chi connectivity index (χ1n) is 4.54. The van der Waals surface area contributed by atoms with Crippen LogP contribution >= 0.6 is 0 Å². The highest BCUT2D eigenvalue weighted by Crippen LogP contribution is 2.34. The molecule has 3 heteroatoms. The zero-order valence-corrected chi connectivity index (χ0v) is 8.24. The van der Waals surface area contributed by atoms with Crippen molar-refractivity contribution in [2.24, 2.45) is 16.6 Å². The zero-order valence-electron chi connectivity index (χ0n) is 8.24. The summed E-state index contributed by atoms with van der Waals surface area (Å²) in [6.45, 7) is 3.85. The number of aliphatic imine (C=N–C) groups is 1. The second kappa shape index (κ2) is 2.94. The predicted molar refractivity (Wildman–Crippen MR) is 55.7 cm³/mol. The lowest BCUT2D eigenvalue weighted by Crippen LogP contribution is -2.24. The van der Waals surface area contributed by atoms with E-state index >= 15 is 0 Å². The van der Waals surface area contributed by atoms with Gasteiger partial charge in [0.2, 0.25) is 0 Å². The minimum atomic E-state index is -0.202. The summed E-state index contributed by atoms with van der Waals surface area (Å²) in [4.78, 5) is 15.3. The van der Waals surface area contributed by atoms with E-state index in [0.717, 1.165) is 22.4 Å². The van der Waals surface area contributed by atoms with E-state index in [1.54, 1.807) is 6.21 Å². The Bertz CT molecular complexity index is 425. The first kappa shape index (κ1) is 8.94. The first-order valence-corrected chi connectivity index (χ1v) is 4.54. The average molecular weight is 188 g/mol. The van der Waals surface area contributed by atoms with Gasteiger partial charge in [0.05, 0.1) is 5.92 Å².